The molecule has 0 aromatic heterocycles. The lowest BCUT2D eigenvalue weighted by Crippen LogP contribution is -2.10. The van der Waals surface area contributed by atoms with Crippen LogP contribution in [0.15, 0.2) is 36.4 Å². The zero-order valence-corrected chi connectivity index (χ0v) is 13.6. The zero-order valence-electron chi connectivity index (χ0n) is 12.1. The second-order valence-corrected chi connectivity index (χ2v) is 7.81. The maximum atomic E-state index is 12.4. The van der Waals surface area contributed by atoms with Crippen LogP contribution >= 0.6 is 11.6 Å². The van der Waals surface area contributed by atoms with E-state index in [1.165, 1.54) is 0 Å². The summed E-state index contributed by atoms with van der Waals surface area (Å²) in [5, 5.41) is 0.388. The molecule has 2 aromatic carbocycles. The summed E-state index contributed by atoms with van der Waals surface area (Å²) in [4.78, 5) is 0. The van der Waals surface area contributed by atoms with Gasteiger partial charge in [-0.3, -0.25) is 0 Å². The maximum Gasteiger partial charge on any atom is 0.158 e. The minimum absolute atomic E-state index is 0.0137. The van der Waals surface area contributed by atoms with Crippen molar-refractivity contribution < 1.29 is 8.42 Å². The Hall–Kier alpha value is -1.52. The second kappa shape index (κ2) is 6.08. The molecule has 3 nitrogen and oxygen atoms in total. The molecule has 0 unspecified atom stereocenters. The van der Waals surface area contributed by atoms with Crippen molar-refractivity contribution in [1.29, 1.82) is 0 Å². The zero-order chi connectivity index (χ0) is 15.6. The van der Waals surface area contributed by atoms with Crippen LogP contribution in [0.25, 0.3) is 0 Å². The van der Waals surface area contributed by atoms with Gasteiger partial charge in [0.25, 0.3) is 0 Å². The van der Waals surface area contributed by atoms with E-state index in [9.17, 15) is 8.42 Å². The first-order valence-corrected chi connectivity index (χ1v) is 8.77. The van der Waals surface area contributed by atoms with Gasteiger partial charge in [0.2, 0.25) is 0 Å². The molecule has 0 aliphatic heterocycles. The number of hydrogen-bond acceptors (Lipinski definition) is 3. The molecule has 0 aliphatic carbocycles. The molecule has 0 radical (unpaired) electrons. The predicted molar refractivity (Wildman–Crippen MR) is 88.1 cm³/mol. The van der Waals surface area contributed by atoms with Crippen LogP contribution in [0.2, 0.25) is 5.02 Å². The highest BCUT2D eigenvalue weighted by Gasteiger charge is 2.17. The molecule has 0 amide bonds. The summed E-state index contributed by atoms with van der Waals surface area (Å²) in [5.74, 6) is -0.161. The molecule has 0 saturated carbocycles. The first-order valence-electron chi connectivity index (χ1n) is 6.57. The van der Waals surface area contributed by atoms with E-state index in [-0.39, 0.29) is 11.5 Å². The average molecular weight is 324 g/mol. The molecular formula is C16H18ClNO2S. The van der Waals surface area contributed by atoms with E-state index in [1.807, 2.05) is 32.0 Å². The normalized spacial score (nSPS) is 11.6. The molecule has 21 heavy (non-hydrogen) atoms. The van der Waals surface area contributed by atoms with E-state index in [0.717, 1.165) is 16.7 Å². The van der Waals surface area contributed by atoms with Crippen LogP contribution in [0.1, 0.15) is 22.3 Å². The number of sulfone groups is 1. The molecule has 0 spiro atoms. The van der Waals surface area contributed by atoms with Crippen molar-refractivity contribution in [2.24, 2.45) is 0 Å². The number of benzene rings is 2. The molecule has 0 fully saturated rings. The van der Waals surface area contributed by atoms with E-state index < -0.39 is 9.84 Å². The van der Waals surface area contributed by atoms with Crippen molar-refractivity contribution >= 4 is 27.1 Å². The summed E-state index contributed by atoms with van der Waals surface area (Å²) in [6, 6.07) is 10.8. The van der Waals surface area contributed by atoms with Crippen LogP contribution in [-0.2, 0) is 21.3 Å². The van der Waals surface area contributed by atoms with Crippen LogP contribution < -0.4 is 5.73 Å². The van der Waals surface area contributed by atoms with Crippen LogP contribution in [0.3, 0.4) is 0 Å². The van der Waals surface area contributed by atoms with Gasteiger partial charge < -0.3 is 5.73 Å². The van der Waals surface area contributed by atoms with E-state index in [0.29, 0.717) is 16.3 Å². The number of halogens is 1. The Morgan fingerprint density at radius 2 is 1.67 bits per heavy atom. The van der Waals surface area contributed by atoms with Gasteiger partial charge in [0.1, 0.15) is 0 Å². The van der Waals surface area contributed by atoms with Gasteiger partial charge in [-0.1, -0.05) is 47.0 Å². The number of anilines is 1. The van der Waals surface area contributed by atoms with Crippen LogP contribution in [-0.4, -0.2) is 8.42 Å². The van der Waals surface area contributed by atoms with Crippen LogP contribution in [0, 0.1) is 13.8 Å². The molecule has 2 aromatic rings. The lowest BCUT2D eigenvalue weighted by atomic mass is 10.1. The minimum Gasteiger partial charge on any atom is -0.398 e. The van der Waals surface area contributed by atoms with Gasteiger partial charge in [-0.15, -0.1) is 0 Å². The van der Waals surface area contributed by atoms with E-state index in [2.05, 4.69) is 0 Å². The first-order chi connectivity index (χ1) is 9.77. The Labute approximate surface area is 130 Å². The van der Waals surface area contributed by atoms with Gasteiger partial charge in [-0.2, -0.15) is 0 Å². The Morgan fingerprint density at radius 3 is 2.24 bits per heavy atom. The highest BCUT2D eigenvalue weighted by atomic mass is 35.5. The SMILES string of the molecule is Cc1cc(C)cc(CS(=O)(=O)Cc2c(N)cccc2Cl)c1. The molecule has 0 saturated heterocycles. The largest absolute Gasteiger partial charge is 0.398 e. The highest BCUT2D eigenvalue weighted by Crippen LogP contribution is 2.25. The third-order valence-electron chi connectivity index (χ3n) is 3.19. The Bertz CT molecular complexity index is 729. The van der Waals surface area contributed by atoms with Crippen LogP contribution in [0.4, 0.5) is 5.69 Å². The fraction of sp³-hybridized carbons (Fsp3) is 0.250. The van der Waals surface area contributed by atoms with Crippen molar-refractivity contribution in [2.45, 2.75) is 25.4 Å². The van der Waals surface area contributed by atoms with Gasteiger partial charge in [-0.05, 0) is 31.5 Å². The lowest BCUT2D eigenvalue weighted by Gasteiger charge is -2.10. The molecule has 2 rings (SSSR count). The molecule has 112 valence electrons. The van der Waals surface area contributed by atoms with E-state index in [1.54, 1.807) is 18.2 Å². The number of hydrogen-bond donors (Lipinski definition) is 1. The van der Waals surface area contributed by atoms with Crippen molar-refractivity contribution in [2.75, 3.05) is 5.73 Å². The van der Waals surface area contributed by atoms with Gasteiger partial charge in [0, 0.05) is 16.3 Å². The summed E-state index contributed by atoms with van der Waals surface area (Å²) < 4.78 is 24.8. The molecule has 0 aliphatic rings. The summed E-state index contributed by atoms with van der Waals surface area (Å²) in [6.07, 6.45) is 0. The number of aryl methyl sites for hydroxylation is 2. The lowest BCUT2D eigenvalue weighted by molar-refractivity contribution is 0.594. The molecular weight excluding hydrogens is 306 g/mol. The summed E-state index contributed by atoms with van der Waals surface area (Å²) in [5.41, 5.74) is 9.60. The summed E-state index contributed by atoms with van der Waals surface area (Å²) >= 11 is 6.04. The maximum absolute atomic E-state index is 12.4. The van der Waals surface area contributed by atoms with Crippen molar-refractivity contribution in [3.05, 3.63) is 63.7 Å². The van der Waals surface area contributed by atoms with E-state index >= 15 is 0 Å². The molecule has 5 heteroatoms. The van der Waals surface area contributed by atoms with Crippen molar-refractivity contribution in [3.8, 4) is 0 Å². The highest BCUT2D eigenvalue weighted by molar-refractivity contribution is 7.89. The topological polar surface area (TPSA) is 60.2 Å². The third kappa shape index (κ3) is 4.22. The Morgan fingerprint density at radius 1 is 1.05 bits per heavy atom. The van der Waals surface area contributed by atoms with Crippen molar-refractivity contribution in [1.82, 2.24) is 0 Å². The smallest absolute Gasteiger partial charge is 0.158 e. The van der Waals surface area contributed by atoms with E-state index in [4.69, 9.17) is 17.3 Å². The number of nitrogen functional groups attached to an aromatic ring is 1. The van der Waals surface area contributed by atoms with Crippen molar-refractivity contribution in [3.63, 3.8) is 0 Å². The Kier molecular flexibility index (Phi) is 4.59. The fourth-order valence-corrected chi connectivity index (χ4v) is 4.27. The number of rotatable bonds is 4. The molecule has 0 heterocycles. The van der Waals surface area contributed by atoms with Gasteiger partial charge in [-0.25, -0.2) is 8.42 Å². The quantitative estimate of drug-likeness (QED) is 0.874. The summed E-state index contributed by atoms with van der Waals surface area (Å²) in [6.45, 7) is 3.91. The molecule has 0 atom stereocenters. The average Bonchev–Trinajstić information content (AvgIpc) is 2.32. The van der Waals surface area contributed by atoms with Gasteiger partial charge in [0.05, 0.1) is 11.5 Å². The predicted octanol–water partition coefficient (Wildman–Crippen LogP) is 3.65. The van der Waals surface area contributed by atoms with Crippen LogP contribution in [0.5, 0.6) is 0 Å². The number of nitrogens with two attached hydrogens (primary N) is 1. The minimum atomic E-state index is -3.33. The molecule has 2 N–H and O–H groups in total. The van der Waals surface area contributed by atoms with Gasteiger partial charge in [0.15, 0.2) is 9.84 Å². The summed E-state index contributed by atoms with van der Waals surface area (Å²) in [7, 11) is -3.33. The molecule has 0 bridgehead atoms. The van der Waals surface area contributed by atoms with Gasteiger partial charge >= 0.3 is 0 Å². The standard InChI is InChI=1S/C16H18ClNO2S/c1-11-6-12(2)8-13(7-11)9-21(19,20)10-14-15(17)4-3-5-16(14)18/h3-8H,9-10,18H2,1-2H3. The first kappa shape index (κ1) is 15.9. The fourth-order valence-electron chi connectivity index (χ4n) is 2.40. The monoisotopic (exact) mass is 323 g/mol. The Balaban J connectivity index is 2.27. The second-order valence-electron chi connectivity index (χ2n) is 5.34. The third-order valence-corrected chi connectivity index (χ3v) is 5.04.